The van der Waals surface area contributed by atoms with Crippen molar-refractivity contribution >= 4 is 33.5 Å². The SMILES string of the molecule is Nc1nc(Cl)cc(-c2cccc(Br)c2)n1. The highest BCUT2D eigenvalue weighted by Crippen LogP contribution is 2.23. The first-order chi connectivity index (χ1) is 7.15. The second-order valence-corrected chi connectivity index (χ2v) is 4.25. The average Bonchev–Trinajstić information content (AvgIpc) is 2.16. The Bertz CT molecular complexity index is 482. The summed E-state index contributed by atoms with van der Waals surface area (Å²) in [6, 6.07) is 9.42. The molecule has 0 aliphatic rings. The molecule has 1 aromatic carbocycles. The van der Waals surface area contributed by atoms with Crippen molar-refractivity contribution in [1.29, 1.82) is 0 Å². The number of nitrogens with zero attached hydrogens (tertiary/aromatic N) is 2. The standard InChI is InChI=1S/C10H7BrClN3/c11-7-3-1-2-6(4-7)8-5-9(12)15-10(13)14-8/h1-5H,(H2,13,14,15). The van der Waals surface area contributed by atoms with Gasteiger partial charge in [0.1, 0.15) is 5.15 Å². The normalized spacial score (nSPS) is 10.3. The molecule has 3 nitrogen and oxygen atoms in total. The molecule has 0 bridgehead atoms. The molecule has 5 heteroatoms. The highest BCUT2D eigenvalue weighted by Gasteiger charge is 2.03. The van der Waals surface area contributed by atoms with Crippen LogP contribution in [0, 0.1) is 0 Å². The van der Waals surface area contributed by atoms with Gasteiger partial charge in [0, 0.05) is 16.1 Å². The molecule has 15 heavy (non-hydrogen) atoms. The fourth-order valence-electron chi connectivity index (χ4n) is 1.23. The third kappa shape index (κ3) is 2.46. The zero-order chi connectivity index (χ0) is 10.8. The molecule has 76 valence electrons. The van der Waals surface area contributed by atoms with Crippen LogP contribution in [0.1, 0.15) is 0 Å². The minimum Gasteiger partial charge on any atom is -0.368 e. The van der Waals surface area contributed by atoms with Crippen LogP contribution in [0.5, 0.6) is 0 Å². The Hall–Kier alpha value is -1.13. The van der Waals surface area contributed by atoms with Crippen LogP contribution in [0.4, 0.5) is 5.95 Å². The summed E-state index contributed by atoms with van der Waals surface area (Å²) in [6.07, 6.45) is 0. The van der Waals surface area contributed by atoms with E-state index in [1.54, 1.807) is 6.07 Å². The van der Waals surface area contributed by atoms with Gasteiger partial charge in [-0.1, -0.05) is 39.7 Å². The van der Waals surface area contributed by atoms with E-state index in [9.17, 15) is 0 Å². The maximum atomic E-state index is 5.80. The van der Waals surface area contributed by atoms with Crippen molar-refractivity contribution in [1.82, 2.24) is 9.97 Å². The van der Waals surface area contributed by atoms with E-state index in [1.165, 1.54) is 0 Å². The first-order valence-electron chi connectivity index (χ1n) is 4.21. The van der Waals surface area contributed by atoms with Crippen molar-refractivity contribution < 1.29 is 0 Å². The maximum Gasteiger partial charge on any atom is 0.221 e. The lowest BCUT2D eigenvalue weighted by Crippen LogP contribution is -1.96. The van der Waals surface area contributed by atoms with E-state index in [4.69, 9.17) is 17.3 Å². The zero-order valence-corrected chi connectivity index (χ0v) is 9.96. The molecular weight excluding hydrogens is 277 g/mol. The van der Waals surface area contributed by atoms with Gasteiger partial charge in [0.2, 0.25) is 5.95 Å². The van der Waals surface area contributed by atoms with Gasteiger partial charge in [0.15, 0.2) is 0 Å². The average molecular weight is 285 g/mol. The molecule has 0 saturated carbocycles. The maximum absolute atomic E-state index is 5.80. The molecule has 0 unspecified atom stereocenters. The summed E-state index contributed by atoms with van der Waals surface area (Å²) in [6.45, 7) is 0. The monoisotopic (exact) mass is 283 g/mol. The van der Waals surface area contributed by atoms with Crippen LogP contribution in [0.3, 0.4) is 0 Å². The lowest BCUT2D eigenvalue weighted by molar-refractivity contribution is 1.19. The Morgan fingerprint density at radius 3 is 2.67 bits per heavy atom. The van der Waals surface area contributed by atoms with Gasteiger partial charge in [0.25, 0.3) is 0 Å². The molecule has 0 aliphatic carbocycles. The smallest absolute Gasteiger partial charge is 0.221 e. The van der Waals surface area contributed by atoms with Crippen LogP contribution >= 0.6 is 27.5 Å². The number of halogens is 2. The van der Waals surface area contributed by atoms with E-state index in [-0.39, 0.29) is 5.95 Å². The number of benzene rings is 1. The molecule has 0 atom stereocenters. The predicted octanol–water partition coefficient (Wildman–Crippen LogP) is 3.14. The van der Waals surface area contributed by atoms with E-state index in [0.717, 1.165) is 10.0 Å². The van der Waals surface area contributed by atoms with Gasteiger partial charge in [-0.15, -0.1) is 0 Å². The number of nitrogens with two attached hydrogens (primary N) is 1. The molecule has 0 saturated heterocycles. The number of hydrogen-bond acceptors (Lipinski definition) is 3. The first kappa shape index (κ1) is 10.4. The van der Waals surface area contributed by atoms with Crippen LogP contribution in [-0.2, 0) is 0 Å². The highest BCUT2D eigenvalue weighted by molar-refractivity contribution is 9.10. The lowest BCUT2D eigenvalue weighted by atomic mass is 10.1. The Morgan fingerprint density at radius 1 is 1.20 bits per heavy atom. The summed E-state index contributed by atoms with van der Waals surface area (Å²) in [4.78, 5) is 7.91. The molecule has 0 fully saturated rings. The third-order valence-corrected chi connectivity index (χ3v) is 2.52. The predicted molar refractivity (Wildman–Crippen MR) is 64.6 cm³/mol. The van der Waals surface area contributed by atoms with Crippen molar-refractivity contribution in [3.63, 3.8) is 0 Å². The van der Waals surface area contributed by atoms with Crippen molar-refractivity contribution in [2.45, 2.75) is 0 Å². The quantitative estimate of drug-likeness (QED) is 0.819. The molecule has 1 aromatic heterocycles. The zero-order valence-electron chi connectivity index (χ0n) is 7.61. The van der Waals surface area contributed by atoms with Gasteiger partial charge >= 0.3 is 0 Å². The van der Waals surface area contributed by atoms with E-state index < -0.39 is 0 Å². The van der Waals surface area contributed by atoms with Crippen LogP contribution in [0.15, 0.2) is 34.8 Å². The van der Waals surface area contributed by atoms with Crippen molar-refractivity contribution in [2.24, 2.45) is 0 Å². The number of nitrogen functional groups attached to an aromatic ring is 1. The van der Waals surface area contributed by atoms with Crippen LogP contribution in [-0.4, -0.2) is 9.97 Å². The molecule has 0 spiro atoms. The second kappa shape index (κ2) is 4.16. The fraction of sp³-hybridized carbons (Fsp3) is 0. The van der Waals surface area contributed by atoms with Crippen molar-refractivity contribution in [3.05, 3.63) is 40.0 Å². The Balaban J connectivity index is 2.54. The van der Waals surface area contributed by atoms with Gasteiger partial charge in [0.05, 0.1) is 5.69 Å². The lowest BCUT2D eigenvalue weighted by Gasteiger charge is -2.02. The molecule has 2 N–H and O–H groups in total. The molecule has 2 aromatic rings. The molecule has 1 heterocycles. The minimum absolute atomic E-state index is 0.178. The van der Waals surface area contributed by atoms with Crippen LogP contribution < -0.4 is 5.73 Å². The largest absolute Gasteiger partial charge is 0.368 e. The van der Waals surface area contributed by atoms with E-state index >= 15 is 0 Å². The molecule has 0 aliphatic heterocycles. The van der Waals surface area contributed by atoms with Crippen LogP contribution in [0.2, 0.25) is 5.15 Å². The van der Waals surface area contributed by atoms with E-state index in [0.29, 0.717) is 10.8 Å². The fourth-order valence-corrected chi connectivity index (χ4v) is 1.82. The Labute approximate surface area is 100 Å². The topological polar surface area (TPSA) is 51.8 Å². The first-order valence-corrected chi connectivity index (χ1v) is 5.38. The van der Waals surface area contributed by atoms with Gasteiger partial charge in [-0.05, 0) is 12.1 Å². The Morgan fingerprint density at radius 2 is 2.00 bits per heavy atom. The van der Waals surface area contributed by atoms with Gasteiger partial charge in [-0.3, -0.25) is 0 Å². The molecule has 0 radical (unpaired) electrons. The minimum atomic E-state index is 0.178. The summed E-state index contributed by atoms with van der Waals surface area (Å²) in [7, 11) is 0. The number of rotatable bonds is 1. The summed E-state index contributed by atoms with van der Waals surface area (Å²) in [5.41, 5.74) is 7.18. The van der Waals surface area contributed by atoms with Crippen molar-refractivity contribution in [3.8, 4) is 11.3 Å². The number of hydrogen-bond donors (Lipinski definition) is 1. The number of aromatic nitrogens is 2. The highest BCUT2D eigenvalue weighted by atomic mass is 79.9. The summed E-state index contributed by atoms with van der Waals surface area (Å²) < 4.78 is 0.980. The summed E-state index contributed by atoms with van der Waals surface area (Å²) in [5, 5.41) is 0.345. The van der Waals surface area contributed by atoms with Gasteiger partial charge < -0.3 is 5.73 Å². The molecule has 2 rings (SSSR count). The van der Waals surface area contributed by atoms with E-state index in [1.807, 2.05) is 24.3 Å². The molecule has 0 amide bonds. The van der Waals surface area contributed by atoms with Crippen molar-refractivity contribution in [2.75, 3.05) is 5.73 Å². The second-order valence-electron chi connectivity index (χ2n) is 2.94. The summed E-state index contributed by atoms with van der Waals surface area (Å²) >= 11 is 9.19. The number of anilines is 1. The third-order valence-electron chi connectivity index (χ3n) is 1.83. The van der Waals surface area contributed by atoms with Crippen LogP contribution in [0.25, 0.3) is 11.3 Å². The Kier molecular flexibility index (Phi) is 2.88. The van der Waals surface area contributed by atoms with E-state index in [2.05, 4.69) is 25.9 Å². The van der Waals surface area contributed by atoms with Gasteiger partial charge in [-0.2, -0.15) is 0 Å². The molecular formula is C10H7BrClN3. The summed E-state index contributed by atoms with van der Waals surface area (Å²) in [5.74, 6) is 0.178. The van der Waals surface area contributed by atoms with Gasteiger partial charge in [-0.25, -0.2) is 9.97 Å².